The van der Waals surface area contributed by atoms with E-state index in [0.717, 1.165) is 4.68 Å². The summed E-state index contributed by atoms with van der Waals surface area (Å²) in [5.41, 5.74) is -1.12. The Labute approximate surface area is 95.5 Å². The first-order valence-corrected chi connectivity index (χ1v) is 5.17. The number of aromatic nitrogens is 3. The van der Waals surface area contributed by atoms with E-state index < -0.39 is 29.7 Å². The minimum absolute atomic E-state index is 0.134. The highest BCUT2D eigenvalue weighted by molar-refractivity contribution is 4.89. The second-order valence-corrected chi connectivity index (χ2v) is 3.90. The van der Waals surface area contributed by atoms with Crippen molar-refractivity contribution in [3.05, 3.63) is 26.5 Å². The number of ether oxygens (including phenoxy) is 1. The second kappa shape index (κ2) is 4.40. The van der Waals surface area contributed by atoms with Crippen LogP contribution < -0.4 is 11.2 Å². The average molecular weight is 243 g/mol. The van der Waals surface area contributed by atoms with Crippen molar-refractivity contribution < 1.29 is 14.9 Å². The molecule has 1 aliphatic heterocycles. The van der Waals surface area contributed by atoms with E-state index >= 15 is 0 Å². The van der Waals surface area contributed by atoms with Crippen molar-refractivity contribution in [1.82, 2.24) is 14.8 Å². The largest absolute Gasteiger partial charge is 0.394 e. The maximum Gasteiger partial charge on any atom is 0.347 e. The van der Waals surface area contributed by atoms with Crippen molar-refractivity contribution in [3.63, 3.8) is 0 Å². The molecule has 0 amide bonds. The fraction of sp³-hybridized carbons (Fsp3) is 0.667. The van der Waals surface area contributed by atoms with Crippen molar-refractivity contribution in [1.29, 1.82) is 0 Å². The fourth-order valence-corrected chi connectivity index (χ4v) is 1.72. The normalized spacial score (nSPS) is 28.5. The summed E-state index contributed by atoms with van der Waals surface area (Å²) < 4.78 is 6.23. The van der Waals surface area contributed by atoms with Crippen LogP contribution in [0.15, 0.2) is 9.59 Å². The number of H-pyrrole nitrogens is 1. The molecule has 2 rings (SSSR count). The van der Waals surface area contributed by atoms with E-state index in [4.69, 9.17) is 9.84 Å². The number of rotatable bonds is 2. The summed E-state index contributed by atoms with van der Waals surface area (Å²) in [6.45, 7) is 1.12. The van der Waals surface area contributed by atoms with Crippen molar-refractivity contribution >= 4 is 0 Å². The van der Waals surface area contributed by atoms with E-state index in [0.29, 0.717) is 0 Å². The standard InChI is InChI=1S/C9H13N3O5/c1-4-8(15)10-9(16)12(11-4)7-2-5(14)6(3-13)17-7/h5-7,13-14H,2-3H2,1H3,(H,10,15,16)/t5-,6+,7-/m1/s1. The van der Waals surface area contributed by atoms with Crippen molar-refractivity contribution in [2.75, 3.05) is 6.61 Å². The molecule has 0 saturated carbocycles. The predicted octanol–water partition coefficient (Wildman–Crippen LogP) is -2.12. The lowest BCUT2D eigenvalue weighted by Crippen LogP contribution is -2.36. The molecule has 1 saturated heterocycles. The number of aryl methyl sites for hydroxylation is 1. The molecule has 0 aromatic carbocycles. The highest BCUT2D eigenvalue weighted by atomic mass is 16.5. The Balaban J connectivity index is 2.34. The molecular weight excluding hydrogens is 230 g/mol. The Morgan fingerprint density at radius 1 is 1.59 bits per heavy atom. The van der Waals surface area contributed by atoms with Gasteiger partial charge in [0.2, 0.25) is 0 Å². The van der Waals surface area contributed by atoms with E-state index in [2.05, 4.69) is 10.1 Å². The minimum Gasteiger partial charge on any atom is -0.394 e. The Kier molecular flexibility index (Phi) is 3.09. The summed E-state index contributed by atoms with van der Waals surface area (Å²) in [6, 6.07) is 0. The third kappa shape index (κ3) is 2.14. The number of nitrogens with zero attached hydrogens (tertiary/aromatic N) is 2. The van der Waals surface area contributed by atoms with Crippen molar-refractivity contribution in [3.8, 4) is 0 Å². The SMILES string of the molecule is Cc1nn([C@H]2C[C@@H](O)[C@H](CO)O2)c(=O)[nH]c1=O. The van der Waals surface area contributed by atoms with Crippen LogP contribution in [0.25, 0.3) is 0 Å². The van der Waals surface area contributed by atoms with E-state index in [1.54, 1.807) is 0 Å². The topological polar surface area (TPSA) is 117 Å². The van der Waals surface area contributed by atoms with Gasteiger partial charge in [0.25, 0.3) is 5.56 Å². The van der Waals surface area contributed by atoms with Crippen LogP contribution in [0, 0.1) is 6.92 Å². The lowest BCUT2D eigenvalue weighted by Gasteiger charge is -2.13. The molecule has 1 aromatic heterocycles. The molecule has 17 heavy (non-hydrogen) atoms. The molecule has 1 aromatic rings. The number of aliphatic hydroxyl groups excluding tert-OH is 2. The van der Waals surface area contributed by atoms with Gasteiger partial charge in [-0.2, -0.15) is 9.78 Å². The molecular formula is C9H13N3O5. The van der Waals surface area contributed by atoms with Crippen LogP contribution in [0.5, 0.6) is 0 Å². The smallest absolute Gasteiger partial charge is 0.347 e. The zero-order valence-electron chi connectivity index (χ0n) is 9.16. The predicted molar refractivity (Wildman–Crippen MR) is 55.5 cm³/mol. The number of hydrogen-bond acceptors (Lipinski definition) is 6. The van der Waals surface area contributed by atoms with Gasteiger partial charge in [-0.3, -0.25) is 9.78 Å². The summed E-state index contributed by atoms with van der Waals surface area (Å²) in [5, 5.41) is 22.3. The third-order valence-electron chi connectivity index (χ3n) is 2.67. The molecule has 2 heterocycles. The summed E-state index contributed by atoms with van der Waals surface area (Å²) in [7, 11) is 0. The summed E-state index contributed by atoms with van der Waals surface area (Å²) in [5.74, 6) is 0. The van der Waals surface area contributed by atoms with Crippen LogP contribution in [-0.4, -0.2) is 43.8 Å². The van der Waals surface area contributed by atoms with Crippen molar-refractivity contribution in [2.24, 2.45) is 0 Å². The summed E-state index contributed by atoms with van der Waals surface area (Å²) in [4.78, 5) is 24.7. The van der Waals surface area contributed by atoms with Crippen LogP contribution in [0.4, 0.5) is 0 Å². The Morgan fingerprint density at radius 3 is 2.88 bits per heavy atom. The Hall–Kier alpha value is -1.51. The molecule has 1 fully saturated rings. The minimum atomic E-state index is -0.856. The highest BCUT2D eigenvalue weighted by Crippen LogP contribution is 2.26. The first-order chi connectivity index (χ1) is 8.02. The van der Waals surface area contributed by atoms with Gasteiger partial charge in [0.15, 0.2) is 6.23 Å². The van der Waals surface area contributed by atoms with Gasteiger partial charge in [-0.1, -0.05) is 0 Å². The van der Waals surface area contributed by atoms with Crippen LogP contribution in [-0.2, 0) is 4.74 Å². The fourth-order valence-electron chi connectivity index (χ4n) is 1.72. The monoisotopic (exact) mass is 243 g/mol. The number of nitrogens with one attached hydrogen (secondary N) is 1. The zero-order chi connectivity index (χ0) is 12.6. The quantitative estimate of drug-likeness (QED) is 0.546. The molecule has 1 aliphatic rings. The van der Waals surface area contributed by atoms with E-state index in [1.807, 2.05) is 0 Å². The number of hydrogen-bond donors (Lipinski definition) is 3. The maximum atomic E-state index is 11.5. The Bertz CT molecular complexity index is 522. The first kappa shape index (κ1) is 12.0. The zero-order valence-corrected chi connectivity index (χ0v) is 9.16. The summed E-state index contributed by atoms with van der Waals surface area (Å²) >= 11 is 0. The first-order valence-electron chi connectivity index (χ1n) is 5.17. The molecule has 8 nitrogen and oxygen atoms in total. The highest BCUT2D eigenvalue weighted by Gasteiger charge is 2.35. The van der Waals surface area contributed by atoms with Gasteiger partial charge in [0, 0.05) is 6.42 Å². The van der Waals surface area contributed by atoms with Gasteiger partial charge in [-0.15, -0.1) is 0 Å². The maximum absolute atomic E-state index is 11.5. The van der Waals surface area contributed by atoms with Crippen molar-refractivity contribution in [2.45, 2.75) is 31.8 Å². The molecule has 3 atom stereocenters. The molecule has 0 unspecified atom stereocenters. The number of aromatic amines is 1. The van der Waals surface area contributed by atoms with Crippen LogP contribution in [0.1, 0.15) is 18.3 Å². The molecule has 0 radical (unpaired) electrons. The Morgan fingerprint density at radius 2 is 2.29 bits per heavy atom. The average Bonchev–Trinajstić information content (AvgIpc) is 2.65. The lowest BCUT2D eigenvalue weighted by atomic mass is 10.2. The molecule has 3 N–H and O–H groups in total. The summed E-state index contributed by atoms with van der Waals surface area (Å²) in [6.07, 6.45) is -2.22. The van der Waals surface area contributed by atoms with Gasteiger partial charge in [0.05, 0.1) is 12.7 Å². The van der Waals surface area contributed by atoms with Gasteiger partial charge >= 0.3 is 5.69 Å². The molecule has 0 aliphatic carbocycles. The lowest BCUT2D eigenvalue weighted by molar-refractivity contribution is -0.0508. The molecule has 0 bridgehead atoms. The number of aliphatic hydroxyl groups is 2. The second-order valence-electron chi connectivity index (χ2n) is 3.90. The van der Waals surface area contributed by atoms with Crippen LogP contribution >= 0.6 is 0 Å². The van der Waals surface area contributed by atoms with E-state index in [9.17, 15) is 14.7 Å². The van der Waals surface area contributed by atoms with Gasteiger partial charge < -0.3 is 14.9 Å². The van der Waals surface area contributed by atoms with Gasteiger partial charge in [0.1, 0.15) is 11.8 Å². The molecule has 94 valence electrons. The van der Waals surface area contributed by atoms with E-state index in [-0.39, 0.29) is 18.7 Å². The van der Waals surface area contributed by atoms with E-state index in [1.165, 1.54) is 6.92 Å². The van der Waals surface area contributed by atoms with Gasteiger partial charge in [-0.05, 0) is 6.92 Å². The van der Waals surface area contributed by atoms with Crippen LogP contribution in [0.3, 0.4) is 0 Å². The molecule has 0 spiro atoms. The third-order valence-corrected chi connectivity index (χ3v) is 2.67. The van der Waals surface area contributed by atoms with Crippen LogP contribution in [0.2, 0.25) is 0 Å². The molecule has 8 heteroatoms. The van der Waals surface area contributed by atoms with Gasteiger partial charge in [-0.25, -0.2) is 4.79 Å².